The van der Waals surface area contributed by atoms with Crippen molar-refractivity contribution in [2.75, 3.05) is 31.1 Å². The molecule has 2 saturated carbocycles. The van der Waals surface area contributed by atoms with Crippen molar-refractivity contribution in [3.63, 3.8) is 0 Å². The third-order valence-corrected chi connectivity index (χ3v) is 6.77. The van der Waals surface area contributed by atoms with Crippen molar-refractivity contribution in [2.45, 2.75) is 38.1 Å². The lowest BCUT2D eigenvalue weighted by molar-refractivity contribution is -0.384. The number of hydrogen-bond acceptors (Lipinski definition) is 5. The standard InChI is InChI=1S/C20H28N4O3.ClH/c21-19-14-4-3-5-15(19)13-16(12-14)20(25)23-10-8-22(9-11-23)17-6-1-2-7-18(17)24(26)27;/h1-2,6-7,14-16,19H,3-5,8-13,21H2;1H. The first-order valence-electron chi connectivity index (χ1n) is 10.1. The molecule has 2 aliphatic carbocycles. The Labute approximate surface area is 171 Å². The van der Waals surface area contributed by atoms with Crippen LogP contribution in [-0.4, -0.2) is 48.0 Å². The van der Waals surface area contributed by atoms with Crippen LogP contribution >= 0.6 is 12.4 Å². The highest BCUT2D eigenvalue weighted by molar-refractivity contribution is 5.85. The van der Waals surface area contributed by atoms with Gasteiger partial charge >= 0.3 is 0 Å². The fourth-order valence-electron chi connectivity index (χ4n) is 5.30. The molecule has 0 radical (unpaired) electrons. The summed E-state index contributed by atoms with van der Waals surface area (Å²) in [4.78, 5) is 28.0. The van der Waals surface area contributed by atoms with Crippen molar-refractivity contribution >= 4 is 29.7 Å². The van der Waals surface area contributed by atoms with Crippen molar-refractivity contribution in [3.8, 4) is 0 Å². The molecule has 1 saturated heterocycles. The van der Waals surface area contributed by atoms with Gasteiger partial charge in [-0.15, -0.1) is 12.4 Å². The second-order valence-electron chi connectivity index (χ2n) is 8.25. The fraction of sp³-hybridized carbons (Fsp3) is 0.650. The van der Waals surface area contributed by atoms with Gasteiger partial charge in [-0.05, 0) is 43.6 Å². The van der Waals surface area contributed by atoms with Crippen LogP contribution in [0.2, 0.25) is 0 Å². The predicted molar refractivity (Wildman–Crippen MR) is 111 cm³/mol. The minimum atomic E-state index is -0.336. The van der Waals surface area contributed by atoms with Crippen molar-refractivity contribution in [1.29, 1.82) is 0 Å². The number of carbonyl (C=O) groups is 1. The van der Waals surface area contributed by atoms with Gasteiger partial charge in [-0.25, -0.2) is 0 Å². The molecule has 1 aromatic rings. The normalized spacial score (nSPS) is 29.8. The number of anilines is 1. The lowest BCUT2D eigenvalue weighted by Gasteiger charge is -2.45. The van der Waals surface area contributed by atoms with Crippen molar-refractivity contribution < 1.29 is 9.72 Å². The largest absolute Gasteiger partial charge is 0.362 e. The number of nitrogens with two attached hydrogens (primary N) is 1. The fourth-order valence-corrected chi connectivity index (χ4v) is 5.30. The van der Waals surface area contributed by atoms with Gasteiger partial charge in [0.2, 0.25) is 5.91 Å². The lowest BCUT2D eigenvalue weighted by Crippen LogP contribution is -2.53. The van der Waals surface area contributed by atoms with Crippen molar-refractivity contribution in [1.82, 2.24) is 4.90 Å². The molecule has 7 nitrogen and oxygen atoms in total. The van der Waals surface area contributed by atoms with Gasteiger partial charge in [0.1, 0.15) is 5.69 Å². The summed E-state index contributed by atoms with van der Waals surface area (Å²) in [6, 6.07) is 7.12. The van der Waals surface area contributed by atoms with Crippen LogP contribution in [0.1, 0.15) is 32.1 Å². The maximum atomic E-state index is 13.1. The molecule has 1 amide bonds. The highest BCUT2D eigenvalue weighted by Gasteiger charge is 2.42. The van der Waals surface area contributed by atoms with Gasteiger partial charge in [0.25, 0.3) is 5.69 Å². The van der Waals surface area contributed by atoms with Crippen LogP contribution in [0.5, 0.6) is 0 Å². The van der Waals surface area contributed by atoms with E-state index >= 15 is 0 Å². The van der Waals surface area contributed by atoms with Crippen molar-refractivity contribution in [3.05, 3.63) is 34.4 Å². The first-order chi connectivity index (χ1) is 13.0. The molecule has 3 fully saturated rings. The van der Waals surface area contributed by atoms with Gasteiger partial charge in [0.05, 0.1) is 4.92 Å². The van der Waals surface area contributed by atoms with Gasteiger partial charge < -0.3 is 15.5 Å². The molecule has 2 bridgehead atoms. The van der Waals surface area contributed by atoms with Gasteiger partial charge in [-0.1, -0.05) is 18.6 Å². The Kier molecular flexibility index (Phi) is 6.45. The van der Waals surface area contributed by atoms with Crippen LogP contribution in [-0.2, 0) is 4.79 Å². The molecule has 0 aromatic heterocycles. The molecule has 1 aliphatic heterocycles. The molecule has 2 unspecified atom stereocenters. The summed E-state index contributed by atoms with van der Waals surface area (Å²) in [5.74, 6) is 1.37. The zero-order valence-corrected chi connectivity index (χ0v) is 16.9. The number of halogens is 1. The van der Waals surface area contributed by atoms with Crippen LogP contribution in [0.3, 0.4) is 0 Å². The van der Waals surface area contributed by atoms with E-state index in [2.05, 4.69) is 0 Å². The van der Waals surface area contributed by atoms with Crippen LogP contribution in [0.15, 0.2) is 24.3 Å². The molecule has 0 spiro atoms. The topological polar surface area (TPSA) is 92.7 Å². The van der Waals surface area contributed by atoms with E-state index in [1.54, 1.807) is 12.1 Å². The lowest BCUT2D eigenvalue weighted by atomic mass is 9.65. The minimum absolute atomic E-state index is 0. The number of piperazine rings is 1. The average molecular weight is 409 g/mol. The smallest absolute Gasteiger partial charge is 0.292 e. The van der Waals surface area contributed by atoms with E-state index < -0.39 is 0 Å². The number of hydrogen-bond donors (Lipinski definition) is 1. The number of nitro groups is 1. The van der Waals surface area contributed by atoms with Gasteiger partial charge in [-0.3, -0.25) is 14.9 Å². The second kappa shape index (κ2) is 8.66. The average Bonchev–Trinajstić information content (AvgIpc) is 2.67. The SMILES string of the molecule is Cl.NC1C2CCCC1CC(C(=O)N1CCN(c3ccccc3[N+](=O)[O-])CC1)C2. The second-order valence-corrected chi connectivity index (χ2v) is 8.25. The first kappa shape index (κ1) is 20.9. The summed E-state index contributed by atoms with van der Waals surface area (Å²) in [5, 5.41) is 11.3. The summed E-state index contributed by atoms with van der Waals surface area (Å²) in [6.07, 6.45) is 5.43. The zero-order chi connectivity index (χ0) is 19.0. The number of rotatable bonds is 3. The van der Waals surface area contributed by atoms with E-state index in [0.29, 0.717) is 43.7 Å². The summed E-state index contributed by atoms with van der Waals surface area (Å²) in [6.45, 7) is 2.52. The van der Waals surface area contributed by atoms with E-state index in [0.717, 1.165) is 25.7 Å². The van der Waals surface area contributed by atoms with E-state index in [4.69, 9.17) is 5.73 Å². The first-order valence-corrected chi connectivity index (χ1v) is 10.1. The van der Waals surface area contributed by atoms with E-state index in [-0.39, 0.29) is 40.9 Å². The number of fused-ring (bicyclic) bond motifs is 2. The summed E-state index contributed by atoms with van der Waals surface area (Å²) < 4.78 is 0. The molecule has 1 heterocycles. The molecule has 8 heteroatoms. The molecule has 28 heavy (non-hydrogen) atoms. The third-order valence-electron chi connectivity index (χ3n) is 6.77. The highest BCUT2D eigenvalue weighted by Crippen LogP contribution is 2.42. The molecular formula is C20H29ClN4O3. The molecular weight excluding hydrogens is 380 g/mol. The van der Waals surface area contributed by atoms with Gasteiger partial charge in [-0.2, -0.15) is 0 Å². The van der Waals surface area contributed by atoms with Crippen LogP contribution < -0.4 is 10.6 Å². The number of benzene rings is 1. The van der Waals surface area contributed by atoms with Crippen LogP contribution in [0, 0.1) is 27.9 Å². The summed E-state index contributed by atoms with van der Waals surface area (Å²) in [5.41, 5.74) is 7.14. The maximum Gasteiger partial charge on any atom is 0.292 e. The Balaban J connectivity index is 0.00000225. The Morgan fingerprint density at radius 1 is 1.07 bits per heavy atom. The van der Waals surface area contributed by atoms with Crippen LogP contribution in [0.4, 0.5) is 11.4 Å². The molecule has 2 atom stereocenters. The highest BCUT2D eigenvalue weighted by atomic mass is 35.5. The Hall–Kier alpha value is -1.86. The van der Waals surface area contributed by atoms with Crippen LogP contribution in [0.25, 0.3) is 0 Å². The predicted octanol–water partition coefficient (Wildman–Crippen LogP) is 2.82. The van der Waals surface area contributed by atoms with E-state index in [9.17, 15) is 14.9 Å². The minimum Gasteiger partial charge on any atom is -0.362 e. The quantitative estimate of drug-likeness (QED) is 0.613. The Bertz CT molecular complexity index is 709. The number of carbonyl (C=O) groups excluding carboxylic acids is 1. The molecule has 154 valence electrons. The number of nitro benzene ring substituents is 1. The molecule has 1 aromatic carbocycles. The monoisotopic (exact) mass is 408 g/mol. The zero-order valence-electron chi connectivity index (χ0n) is 16.0. The van der Waals surface area contributed by atoms with E-state index in [1.807, 2.05) is 15.9 Å². The van der Waals surface area contributed by atoms with E-state index in [1.165, 1.54) is 12.5 Å². The number of amides is 1. The maximum absolute atomic E-state index is 13.1. The molecule has 3 aliphatic rings. The third kappa shape index (κ3) is 3.96. The summed E-state index contributed by atoms with van der Waals surface area (Å²) in [7, 11) is 0. The number of nitrogens with zero attached hydrogens (tertiary/aromatic N) is 3. The molecule has 2 N–H and O–H groups in total. The van der Waals surface area contributed by atoms with Gasteiger partial charge in [0.15, 0.2) is 0 Å². The Morgan fingerprint density at radius 3 is 2.29 bits per heavy atom. The molecule has 4 rings (SSSR count). The van der Waals surface area contributed by atoms with Gasteiger partial charge in [0, 0.05) is 44.2 Å². The Morgan fingerprint density at radius 2 is 1.68 bits per heavy atom. The number of para-hydroxylation sites is 2. The summed E-state index contributed by atoms with van der Waals surface area (Å²) >= 11 is 0. The van der Waals surface area contributed by atoms with Crippen molar-refractivity contribution in [2.24, 2.45) is 23.5 Å².